The monoisotopic (exact) mass is 309 g/mol. The molecule has 0 fully saturated rings. The highest BCUT2D eigenvalue weighted by Crippen LogP contribution is 2.15. The molecule has 118 valence electrons. The topological polar surface area (TPSA) is 72.7 Å². The number of pyridine rings is 1. The third kappa shape index (κ3) is 3.53. The molecular weight excluding hydrogens is 290 g/mol. The highest BCUT2D eigenvalue weighted by Gasteiger charge is 2.13. The number of aryl methyl sites for hydroxylation is 1. The van der Waals surface area contributed by atoms with Crippen LogP contribution in [0.5, 0.6) is 0 Å². The highest BCUT2D eigenvalue weighted by atomic mass is 16.1. The van der Waals surface area contributed by atoms with Gasteiger partial charge in [-0.05, 0) is 30.2 Å². The Hall–Kier alpha value is -2.76. The first-order chi connectivity index (χ1) is 11.3. The van der Waals surface area contributed by atoms with Crippen LogP contribution in [0.25, 0.3) is 11.0 Å². The predicted molar refractivity (Wildman–Crippen MR) is 87.6 cm³/mol. The van der Waals surface area contributed by atoms with Gasteiger partial charge in [-0.2, -0.15) is 0 Å². The number of fused-ring (bicyclic) bond motifs is 1. The van der Waals surface area contributed by atoms with Crippen LogP contribution in [0.1, 0.15) is 31.4 Å². The van der Waals surface area contributed by atoms with Crippen LogP contribution in [0.3, 0.4) is 0 Å². The number of benzene rings is 1. The molecular formula is C17H19N5O. The van der Waals surface area contributed by atoms with E-state index >= 15 is 0 Å². The van der Waals surface area contributed by atoms with Gasteiger partial charge in [0, 0.05) is 18.8 Å². The lowest BCUT2D eigenvalue weighted by Crippen LogP contribution is -2.29. The van der Waals surface area contributed by atoms with Crippen molar-refractivity contribution in [2.45, 2.75) is 32.4 Å². The van der Waals surface area contributed by atoms with Crippen LogP contribution < -0.4 is 5.32 Å². The normalized spacial score (nSPS) is 12.2. The fourth-order valence-electron chi connectivity index (χ4n) is 2.56. The Kier molecular flexibility index (Phi) is 4.61. The summed E-state index contributed by atoms with van der Waals surface area (Å²) in [6.45, 7) is 2.55. The van der Waals surface area contributed by atoms with Gasteiger partial charge in [0.1, 0.15) is 5.52 Å². The lowest BCUT2D eigenvalue weighted by molar-refractivity contribution is -0.122. The van der Waals surface area contributed by atoms with Gasteiger partial charge < -0.3 is 5.32 Å². The first-order valence-corrected chi connectivity index (χ1v) is 7.75. The van der Waals surface area contributed by atoms with Crippen LogP contribution in [-0.2, 0) is 11.3 Å². The number of hydrogen-bond donors (Lipinski definition) is 1. The smallest absolute Gasteiger partial charge is 0.222 e. The summed E-state index contributed by atoms with van der Waals surface area (Å²) in [6, 6.07) is 11.6. The van der Waals surface area contributed by atoms with Crippen molar-refractivity contribution in [1.82, 2.24) is 25.3 Å². The van der Waals surface area contributed by atoms with Crippen LogP contribution >= 0.6 is 0 Å². The van der Waals surface area contributed by atoms with Gasteiger partial charge >= 0.3 is 0 Å². The molecule has 0 radical (unpaired) electrons. The quantitative estimate of drug-likeness (QED) is 0.759. The minimum Gasteiger partial charge on any atom is -0.349 e. The molecule has 0 aliphatic heterocycles. The molecule has 3 rings (SSSR count). The molecule has 1 amide bonds. The van der Waals surface area contributed by atoms with Crippen LogP contribution in [0.15, 0.2) is 48.8 Å². The van der Waals surface area contributed by atoms with E-state index < -0.39 is 0 Å². The molecule has 6 nitrogen and oxygen atoms in total. The molecule has 2 heterocycles. The highest BCUT2D eigenvalue weighted by molar-refractivity contribution is 5.77. The SMILES string of the molecule is CC[C@H](NC(=O)CCn1nnc2ccccc21)c1cccnc1. The Labute approximate surface area is 134 Å². The number of aromatic nitrogens is 4. The summed E-state index contributed by atoms with van der Waals surface area (Å²) in [5, 5.41) is 11.2. The summed E-state index contributed by atoms with van der Waals surface area (Å²) < 4.78 is 1.76. The third-order valence-electron chi connectivity index (χ3n) is 3.80. The van der Waals surface area contributed by atoms with E-state index in [4.69, 9.17) is 0 Å². The average Bonchev–Trinajstić information content (AvgIpc) is 3.02. The van der Waals surface area contributed by atoms with Crippen molar-refractivity contribution in [3.63, 3.8) is 0 Å². The summed E-state index contributed by atoms with van der Waals surface area (Å²) in [6.07, 6.45) is 4.71. The maximum atomic E-state index is 12.2. The Bertz CT molecular complexity index is 784. The van der Waals surface area contributed by atoms with Crippen molar-refractivity contribution >= 4 is 16.9 Å². The zero-order chi connectivity index (χ0) is 16.1. The molecule has 23 heavy (non-hydrogen) atoms. The Morgan fingerprint density at radius 2 is 2.13 bits per heavy atom. The molecule has 0 spiro atoms. The minimum absolute atomic E-state index is 0.000263. The minimum atomic E-state index is -0.0105. The summed E-state index contributed by atoms with van der Waals surface area (Å²) >= 11 is 0. The van der Waals surface area contributed by atoms with Gasteiger partial charge in [0.15, 0.2) is 0 Å². The maximum absolute atomic E-state index is 12.2. The number of rotatable bonds is 6. The third-order valence-corrected chi connectivity index (χ3v) is 3.80. The molecule has 0 bridgehead atoms. The summed E-state index contributed by atoms with van der Waals surface area (Å²) in [4.78, 5) is 16.3. The van der Waals surface area contributed by atoms with Crippen LogP contribution in [0, 0.1) is 0 Å². The van der Waals surface area contributed by atoms with Crippen LogP contribution in [0.2, 0.25) is 0 Å². The number of amides is 1. The molecule has 6 heteroatoms. The van der Waals surface area contributed by atoms with Gasteiger partial charge in [-0.15, -0.1) is 5.10 Å². The fourth-order valence-corrected chi connectivity index (χ4v) is 2.56. The molecule has 0 aliphatic carbocycles. The van der Waals surface area contributed by atoms with Crippen molar-refractivity contribution in [3.8, 4) is 0 Å². The molecule has 0 unspecified atom stereocenters. The van der Waals surface area contributed by atoms with E-state index in [-0.39, 0.29) is 11.9 Å². The standard InChI is InChI=1S/C17H19N5O/c1-2-14(13-6-5-10-18-12-13)19-17(23)9-11-22-16-8-4-3-7-15(16)20-21-22/h3-8,10,12,14H,2,9,11H2,1H3,(H,19,23)/t14-/m0/s1. The summed E-state index contributed by atoms with van der Waals surface area (Å²) in [5.74, 6) is 0.000263. The van der Waals surface area contributed by atoms with Crippen molar-refractivity contribution in [1.29, 1.82) is 0 Å². The van der Waals surface area contributed by atoms with Crippen molar-refractivity contribution in [3.05, 3.63) is 54.4 Å². The molecule has 0 saturated heterocycles. The molecule has 0 aliphatic rings. The molecule has 3 aromatic rings. The first-order valence-electron chi connectivity index (χ1n) is 7.75. The second-order valence-corrected chi connectivity index (χ2v) is 5.37. The Morgan fingerprint density at radius 3 is 2.91 bits per heavy atom. The van der Waals surface area contributed by atoms with Crippen molar-refractivity contribution in [2.75, 3.05) is 0 Å². The lowest BCUT2D eigenvalue weighted by atomic mass is 10.1. The van der Waals surface area contributed by atoms with Gasteiger partial charge in [0.05, 0.1) is 18.1 Å². The Morgan fingerprint density at radius 1 is 1.26 bits per heavy atom. The van der Waals surface area contributed by atoms with E-state index in [1.807, 2.05) is 43.3 Å². The van der Waals surface area contributed by atoms with Crippen molar-refractivity contribution in [2.24, 2.45) is 0 Å². The second-order valence-electron chi connectivity index (χ2n) is 5.37. The molecule has 1 aromatic carbocycles. The predicted octanol–water partition coefficient (Wildman–Crippen LogP) is 2.48. The van der Waals surface area contributed by atoms with E-state index in [1.54, 1.807) is 17.1 Å². The van der Waals surface area contributed by atoms with Gasteiger partial charge in [-0.25, -0.2) is 4.68 Å². The maximum Gasteiger partial charge on any atom is 0.222 e. The van der Waals surface area contributed by atoms with E-state index in [9.17, 15) is 4.79 Å². The second kappa shape index (κ2) is 7.00. The molecule has 2 aromatic heterocycles. The van der Waals surface area contributed by atoms with Crippen LogP contribution in [-0.4, -0.2) is 25.9 Å². The summed E-state index contributed by atoms with van der Waals surface area (Å²) in [7, 11) is 0. The summed E-state index contributed by atoms with van der Waals surface area (Å²) in [5.41, 5.74) is 2.81. The lowest BCUT2D eigenvalue weighted by Gasteiger charge is -2.17. The Balaban J connectivity index is 1.61. The van der Waals surface area contributed by atoms with Gasteiger partial charge in [0.2, 0.25) is 5.91 Å². The van der Waals surface area contributed by atoms with Crippen molar-refractivity contribution < 1.29 is 4.79 Å². The van der Waals surface area contributed by atoms with Gasteiger partial charge in [-0.1, -0.05) is 30.3 Å². The number of carbonyl (C=O) groups excluding carboxylic acids is 1. The van der Waals surface area contributed by atoms with E-state index in [1.165, 1.54) is 0 Å². The van der Waals surface area contributed by atoms with E-state index in [2.05, 4.69) is 20.6 Å². The van der Waals surface area contributed by atoms with E-state index in [0.29, 0.717) is 13.0 Å². The molecule has 0 saturated carbocycles. The largest absolute Gasteiger partial charge is 0.349 e. The van der Waals surface area contributed by atoms with Gasteiger partial charge in [-0.3, -0.25) is 9.78 Å². The first kappa shape index (κ1) is 15.1. The number of carbonyl (C=O) groups is 1. The van der Waals surface area contributed by atoms with Gasteiger partial charge in [0.25, 0.3) is 0 Å². The van der Waals surface area contributed by atoms with E-state index in [0.717, 1.165) is 23.0 Å². The average molecular weight is 309 g/mol. The molecule has 1 N–H and O–H groups in total. The number of para-hydroxylation sites is 1. The zero-order valence-electron chi connectivity index (χ0n) is 13.0. The number of hydrogen-bond acceptors (Lipinski definition) is 4. The fraction of sp³-hybridized carbons (Fsp3) is 0.294. The molecule has 1 atom stereocenters. The van der Waals surface area contributed by atoms with Crippen LogP contribution in [0.4, 0.5) is 0 Å². The number of nitrogens with zero attached hydrogens (tertiary/aromatic N) is 4. The number of nitrogens with one attached hydrogen (secondary N) is 1. The zero-order valence-corrected chi connectivity index (χ0v) is 13.0.